The number of hydrogen-bond donors (Lipinski definition) is 2. The van der Waals surface area contributed by atoms with Gasteiger partial charge in [0.1, 0.15) is 5.75 Å². The lowest BCUT2D eigenvalue weighted by atomic mass is 10.1. The van der Waals surface area contributed by atoms with Gasteiger partial charge in [-0.2, -0.15) is 0 Å². The minimum Gasteiger partial charge on any atom is -0.483 e. The van der Waals surface area contributed by atoms with E-state index in [0.717, 1.165) is 0 Å². The zero-order valence-corrected chi connectivity index (χ0v) is 10.5. The summed E-state index contributed by atoms with van der Waals surface area (Å²) >= 11 is 0. The average Bonchev–Trinajstić information content (AvgIpc) is 2.36. The molecule has 3 amide bonds. The molecule has 0 spiro atoms. The van der Waals surface area contributed by atoms with Crippen LogP contribution in [0.15, 0.2) is 30.9 Å². The van der Waals surface area contributed by atoms with Gasteiger partial charge in [-0.3, -0.25) is 20.2 Å². The average molecular weight is 279 g/mol. The first kappa shape index (κ1) is 15.2. The highest BCUT2D eigenvalue weighted by Crippen LogP contribution is 2.24. The van der Waals surface area contributed by atoms with Gasteiger partial charge in [0, 0.05) is 17.7 Å². The number of primary amides is 1. The first-order valence-corrected chi connectivity index (χ1v) is 5.54. The number of urea groups is 1. The second-order valence-corrected chi connectivity index (χ2v) is 3.74. The Hall–Kier alpha value is -2.90. The van der Waals surface area contributed by atoms with Crippen LogP contribution in [0.3, 0.4) is 0 Å². The number of nitro groups is 1. The lowest BCUT2D eigenvalue weighted by molar-refractivity contribution is -0.384. The molecule has 1 rings (SSSR count). The molecule has 20 heavy (non-hydrogen) atoms. The van der Waals surface area contributed by atoms with Crippen LogP contribution in [0.25, 0.3) is 0 Å². The topological polar surface area (TPSA) is 125 Å². The highest BCUT2D eigenvalue weighted by molar-refractivity contribution is 5.94. The fourth-order valence-corrected chi connectivity index (χ4v) is 1.45. The molecule has 0 aromatic heterocycles. The number of benzene rings is 1. The quantitative estimate of drug-likeness (QED) is 0.454. The van der Waals surface area contributed by atoms with Crippen LogP contribution in [-0.4, -0.2) is 23.5 Å². The maximum absolute atomic E-state index is 11.2. The third-order valence-electron chi connectivity index (χ3n) is 2.24. The number of rotatable bonds is 6. The normalized spacial score (nSPS) is 9.60. The van der Waals surface area contributed by atoms with Crippen molar-refractivity contribution < 1.29 is 19.2 Å². The Bertz CT molecular complexity index is 556. The molecule has 1 aromatic carbocycles. The molecule has 0 aliphatic rings. The van der Waals surface area contributed by atoms with Gasteiger partial charge in [-0.25, -0.2) is 4.79 Å². The number of hydrogen-bond acceptors (Lipinski definition) is 5. The first-order chi connectivity index (χ1) is 9.43. The van der Waals surface area contributed by atoms with Crippen LogP contribution >= 0.6 is 0 Å². The Morgan fingerprint density at radius 2 is 2.20 bits per heavy atom. The van der Waals surface area contributed by atoms with E-state index < -0.39 is 23.5 Å². The van der Waals surface area contributed by atoms with Crippen molar-refractivity contribution in [1.29, 1.82) is 0 Å². The zero-order valence-electron chi connectivity index (χ0n) is 10.5. The number of amides is 3. The van der Waals surface area contributed by atoms with E-state index in [1.54, 1.807) is 6.08 Å². The van der Waals surface area contributed by atoms with Crippen molar-refractivity contribution in [3.8, 4) is 5.75 Å². The van der Waals surface area contributed by atoms with Gasteiger partial charge in [-0.1, -0.05) is 6.08 Å². The molecule has 106 valence electrons. The summed E-state index contributed by atoms with van der Waals surface area (Å²) in [6, 6.07) is 3.00. The van der Waals surface area contributed by atoms with Crippen LogP contribution in [0.1, 0.15) is 5.56 Å². The van der Waals surface area contributed by atoms with E-state index in [9.17, 15) is 19.7 Å². The molecule has 0 radical (unpaired) electrons. The van der Waals surface area contributed by atoms with E-state index in [-0.39, 0.29) is 5.69 Å². The molecule has 8 heteroatoms. The summed E-state index contributed by atoms with van der Waals surface area (Å²) in [5.41, 5.74) is 5.21. The highest BCUT2D eigenvalue weighted by Gasteiger charge is 2.12. The van der Waals surface area contributed by atoms with E-state index in [1.165, 1.54) is 18.2 Å². The molecule has 0 atom stereocenters. The van der Waals surface area contributed by atoms with Crippen molar-refractivity contribution in [2.45, 2.75) is 6.42 Å². The van der Waals surface area contributed by atoms with E-state index in [0.29, 0.717) is 17.7 Å². The molecule has 0 unspecified atom stereocenters. The fraction of sp³-hybridized carbons (Fsp3) is 0.167. The SMILES string of the molecule is C=CCc1cc([N+](=O)[O-])ccc1OCC(=O)NC(N)=O. The molecule has 1 aromatic rings. The number of nitro benzene ring substituents is 1. The van der Waals surface area contributed by atoms with Crippen LogP contribution in [0.4, 0.5) is 10.5 Å². The number of nitrogens with one attached hydrogen (secondary N) is 1. The number of allylic oxidation sites excluding steroid dienone is 1. The summed E-state index contributed by atoms with van der Waals surface area (Å²) in [5.74, 6) is -0.407. The number of carbonyl (C=O) groups excluding carboxylic acids is 2. The van der Waals surface area contributed by atoms with E-state index in [2.05, 4.69) is 6.58 Å². The Balaban J connectivity index is 2.83. The zero-order chi connectivity index (χ0) is 15.1. The van der Waals surface area contributed by atoms with Crippen molar-refractivity contribution in [1.82, 2.24) is 5.32 Å². The fourth-order valence-electron chi connectivity index (χ4n) is 1.45. The van der Waals surface area contributed by atoms with Gasteiger partial charge >= 0.3 is 6.03 Å². The Kier molecular flexibility index (Phi) is 5.21. The van der Waals surface area contributed by atoms with Gasteiger partial charge in [0.05, 0.1) is 4.92 Å². The number of ether oxygens (including phenoxy) is 1. The predicted molar refractivity (Wildman–Crippen MR) is 70.2 cm³/mol. The molecule has 0 saturated heterocycles. The second-order valence-electron chi connectivity index (χ2n) is 3.74. The lowest BCUT2D eigenvalue weighted by Crippen LogP contribution is -2.38. The summed E-state index contributed by atoms with van der Waals surface area (Å²) < 4.78 is 5.20. The van der Waals surface area contributed by atoms with Crippen LogP contribution in [0.2, 0.25) is 0 Å². The third-order valence-corrected chi connectivity index (χ3v) is 2.24. The smallest absolute Gasteiger partial charge is 0.318 e. The Morgan fingerprint density at radius 1 is 1.50 bits per heavy atom. The summed E-state index contributed by atoms with van der Waals surface area (Å²) in [5, 5.41) is 12.5. The predicted octanol–water partition coefficient (Wildman–Crippen LogP) is 0.897. The molecule has 0 aliphatic carbocycles. The molecule has 0 fully saturated rings. The van der Waals surface area contributed by atoms with Gasteiger partial charge in [0.25, 0.3) is 11.6 Å². The summed E-state index contributed by atoms with van der Waals surface area (Å²) in [6.45, 7) is 3.11. The van der Waals surface area contributed by atoms with Crippen molar-refractivity contribution in [3.63, 3.8) is 0 Å². The maximum atomic E-state index is 11.2. The standard InChI is InChI=1S/C12H13N3O5/c1-2-3-8-6-9(15(18)19)4-5-10(8)20-7-11(16)14-12(13)17/h2,4-6H,1,3,7H2,(H3,13,14,16,17). The number of nitrogens with two attached hydrogens (primary N) is 1. The van der Waals surface area contributed by atoms with E-state index >= 15 is 0 Å². The van der Waals surface area contributed by atoms with Crippen molar-refractivity contribution in [2.24, 2.45) is 5.73 Å². The molecule has 0 aliphatic heterocycles. The van der Waals surface area contributed by atoms with Crippen molar-refractivity contribution in [3.05, 3.63) is 46.5 Å². The van der Waals surface area contributed by atoms with Gasteiger partial charge < -0.3 is 10.5 Å². The molecule has 3 N–H and O–H groups in total. The van der Waals surface area contributed by atoms with E-state index in [4.69, 9.17) is 10.5 Å². The summed E-state index contributed by atoms with van der Waals surface area (Å²) in [7, 11) is 0. The number of carbonyl (C=O) groups is 2. The molecule has 0 heterocycles. The van der Waals surface area contributed by atoms with E-state index in [1.807, 2.05) is 5.32 Å². The third kappa shape index (κ3) is 4.41. The number of imide groups is 1. The molecular formula is C12H13N3O5. The number of nitrogens with zero attached hydrogens (tertiary/aromatic N) is 1. The summed E-state index contributed by atoms with van der Waals surface area (Å²) in [4.78, 5) is 31.8. The van der Waals surface area contributed by atoms with Gasteiger partial charge in [-0.15, -0.1) is 6.58 Å². The molecule has 0 bridgehead atoms. The Labute approximate surface area is 114 Å². The van der Waals surface area contributed by atoms with Gasteiger partial charge in [0.15, 0.2) is 6.61 Å². The Morgan fingerprint density at radius 3 is 2.75 bits per heavy atom. The van der Waals surface area contributed by atoms with Crippen LogP contribution in [-0.2, 0) is 11.2 Å². The highest BCUT2D eigenvalue weighted by atomic mass is 16.6. The van der Waals surface area contributed by atoms with Gasteiger partial charge in [0.2, 0.25) is 0 Å². The van der Waals surface area contributed by atoms with Crippen LogP contribution < -0.4 is 15.8 Å². The van der Waals surface area contributed by atoms with Gasteiger partial charge in [-0.05, 0) is 12.5 Å². The maximum Gasteiger partial charge on any atom is 0.318 e. The minimum absolute atomic E-state index is 0.0872. The number of non-ortho nitro benzene ring substituents is 1. The first-order valence-electron chi connectivity index (χ1n) is 5.54. The van der Waals surface area contributed by atoms with Crippen LogP contribution in [0.5, 0.6) is 5.75 Å². The molecule has 0 saturated carbocycles. The molecule has 8 nitrogen and oxygen atoms in total. The monoisotopic (exact) mass is 279 g/mol. The largest absolute Gasteiger partial charge is 0.483 e. The van der Waals surface area contributed by atoms with Crippen LogP contribution in [0, 0.1) is 10.1 Å². The summed E-state index contributed by atoms with van der Waals surface area (Å²) in [6.07, 6.45) is 1.89. The lowest BCUT2D eigenvalue weighted by Gasteiger charge is -2.09. The molecular weight excluding hydrogens is 266 g/mol. The van der Waals surface area contributed by atoms with Crippen molar-refractivity contribution in [2.75, 3.05) is 6.61 Å². The van der Waals surface area contributed by atoms with Crippen molar-refractivity contribution >= 4 is 17.6 Å². The second kappa shape index (κ2) is 6.88. The minimum atomic E-state index is -0.978.